The van der Waals surface area contributed by atoms with Crippen molar-refractivity contribution in [3.05, 3.63) is 109 Å². The molecule has 10 nitrogen and oxygen atoms in total. The van der Waals surface area contributed by atoms with Crippen molar-refractivity contribution in [2.24, 2.45) is 0 Å². The van der Waals surface area contributed by atoms with Gasteiger partial charge in [0.05, 0.1) is 31.7 Å². The first-order valence-corrected chi connectivity index (χ1v) is 14.2. The summed E-state index contributed by atoms with van der Waals surface area (Å²) in [5.74, 6) is -0.462. The summed E-state index contributed by atoms with van der Waals surface area (Å²) in [6.07, 6.45) is 3.71. The number of carboxylic acids is 1. The van der Waals surface area contributed by atoms with Crippen molar-refractivity contribution in [1.29, 1.82) is 0 Å². The molecule has 3 aromatic rings. The van der Waals surface area contributed by atoms with Crippen molar-refractivity contribution in [2.45, 2.75) is 13.3 Å². The Morgan fingerprint density at radius 1 is 0.889 bits per heavy atom. The second-order valence-corrected chi connectivity index (χ2v) is 9.98. The number of nitrogens with one attached hydrogen (secondary N) is 2. The molecule has 2 N–H and O–H groups in total. The van der Waals surface area contributed by atoms with E-state index >= 15 is 0 Å². The van der Waals surface area contributed by atoms with E-state index in [0.717, 1.165) is 11.1 Å². The zero-order valence-corrected chi connectivity index (χ0v) is 28.2. The van der Waals surface area contributed by atoms with Crippen LogP contribution in [0.25, 0.3) is 0 Å². The number of amides is 3. The van der Waals surface area contributed by atoms with Gasteiger partial charge in [-0.2, -0.15) is 0 Å². The number of ether oxygens (including phenoxy) is 2. The first-order valence-electron chi connectivity index (χ1n) is 14.2. The van der Waals surface area contributed by atoms with Gasteiger partial charge in [0.1, 0.15) is 18.1 Å². The van der Waals surface area contributed by atoms with Gasteiger partial charge in [-0.1, -0.05) is 36.4 Å². The van der Waals surface area contributed by atoms with Crippen molar-refractivity contribution >= 4 is 29.3 Å². The smallest absolute Gasteiger partial charge is 0.545 e. The fourth-order valence-corrected chi connectivity index (χ4v) is 4.43. The summed E-state index contributed by atoms with van der Waals surface area (Å²) in [6, 6.07) is 18.2. The van der Waals surface area contributed by atoms with E-state index in [0.29, 0.717) is 55.6 Å². The number of carbonyl (C=O) groups excluding carboxylic acids is 3. The normalized spacial score (nSPS) is 10.3. The molecule has 232 valence electrons. The molecule has 0 spiro atoms. The number of methoxy groups -OCH3 is 1. The number of hydrogen-bond acceptors (Lipinski definition) is 7. The summed E-state index contributed by atoms with van der Waals surface area (Å²) in [6.45, 7) is 12.4. The third kappa shape index (κ3) is 12.1. The van der Waals surface area contributed by atoms with Gasteiger partial charge >= 0.3 is 35.6 Å². The van der Waals surface area contributed by atoms with Crippen molar-refractivity contribution in [3.63, 3.8) is 0 Å². The fourth-order valence-electron chi connectivity index (χ4n) is 4.43. The Morgan fingerprint density at radius 2 is 1.56 bits per heavy atom. The number of aryl methyl sites for hydroxylation is 1. The molecule has 0 unspecified atom stereocenters. The number of aromatic carboxylic acids is 1. The number of anilines is 2. The van der Waals surface area contributed by atoms with E-state index in [1.807, 2.05) is 31.2 Å². The molecular weight excluding hydrogens is 583 g/mol. The Morgan fingerprint density at radius 3 is 2.18 bits per heavy atom. The van der Waals surface area contributed by atoms with Gasteiger partial charge < -0.3 is 34.9 Å². The standard InChI is InChI=1S/C34H40N4O6.Na/c1-5-17-37(18-6-2)19-20-38(21-22-44-28-14-12-27(13-15-28)33(40)41)32(39)24-26-11-16-30(31(23-26)43-4)36-34(42)35-29-10-8-7-9-25(29)3;/h5-16,23H,1-2,17-22,24H2,3-4H3,(H,40,41)(H2,35,36,42);/q;+1/p-1. The molecule has 3 rings (SSSR count). The van der Waals surface area contributed by atoms with E-state index in [9.17, 15) is 19.5 Å². The predicted octanol–water partition coefficient (Wildman–Crippen LogP) is 1.14. The van der Waals surface area contributed by atoms with Gasteiger partial charge in [0, 0.05) is 31.9 Å². The van der Waals surface area contributed by atoms with E-state index < -0.39 is 12.0 Å². The molecule has 45 heavy (non-hydrogen) atoms. The van der Waals surface area contributed by atoms with Crippen molar-refractivity contribution in [3.8, 4) is 11.5 Å². The van der Waals surface area contributed by atoms with Crippen LogP contribution >= 0.6 is 0 Å². The fraction of sp³-hybridized carbons (Fsp3) is 0.265. The minimum absolute atomic E-state index is 0. The molecule has 0 fully saturated rings. The molecule has 0 saturated carbocycles. The Labute approximate surface area is 287 Å². The van der Waals surface area contributed by atoms with E-state index in [-0.39, 0.29) is 54.1 Å². The molecular formula is C34H39N4NaO6. The molecule has 0 heterocycles. The van der Waals surface area contributed by atoms with Gasteiger partial charge in [-0.3, -0.25) is 9.69 Å². The second-order valence-electron chi connectivity index (χ2n) is 9.98. The van der Waals surface area contributed by atoms with Gasteiger partial charge in [-0.25, -0.2) is 4.79 Å². The molecule has 11 heteroatoms. The summed E-state index contributed by atoms with van der Waals surface area (Å²) in [4.78, 5) is 41.0. The van der Waals surface area contributed by atoms with Gasteiger partial charge in [0.25, 0.3) is 0 Å². The van der Waals surface area contributed by atoms with Gasteiger partial charge in [0.2, 0.25) is 5.91 Å². The maximum atomic E-state index is 13.5. The zero-order chi connectivity index (χ0) is 31.9. The molecule has 0 saturated heterocycles. The largest absolute Gasteiger partial charge is 1.00 e. The van der Waals surface area contributed by atoms with Crippen molar-refractivity contribution < 1.29 is 58.5 Å². The molecule has 3 amide bonds. The van der Waals surface area contributed by atoms with Gasteiger partial charge in [-0.05, 0) is 66.1 Å². The molecule has 0 radical (unpaired) electrons. The Balaban J connectivity index is 0.00000705. The van der Waals surface area contributed by atoms with E-state index in [4.69, 9.17) is 9.47 Å². The van der Waals surface area contributed by atoms with Crippen LogP contribution in [-0.4, -0.2) is 74.1 Å². The Hall–Kier alpha value is -4.09. The predicted molar refractivity (Wildman–Crippen MR) is 170 cm³/mol. The quantitative estimate of drug-likeness (QED) is 0.171. The number of carbonyl (C=O) groups is 3. The zero-order valence-electron chi connectivity index (χ0n) is 26.2. The number of para-hydroxylation sites is 1. The average molecular weight is 623 g/mol. The van der Waals surface area contributed by atoms with E-state index in [2.05, 4.69) is 28.7 Å². The molecule has 3 aromatic carbocycles. The maximum absolute atomic E-state index is 13.5. The van der Waals surface area contributed by atoms with Crippen LogP contribution in [0.5, 0.6) is 11.5 Å². The summed E-state index contributed by atoms with van der Waals surface area (Å²) in [5.41, 5.74) is 2.87. The minimum Gasteiger partial charge on any atom is -0.545 e. The first kappa shape index (κ1) is 37.1. The summed E-state index contributed by atoms with van der Waals surface area (Å²) < 4.78 is 11.3. The van der Waals surface area contributed by atoms with Crippen LogP contribution in [0, 0.1) is 6.92 Å². The summed E-state index contributed by atoms with van der Waals surface area (Å²) in [7, 11) is 1.50. The number of nitrogens with zero attached hydrogens (tertiary/aromatic N) is 2. The molecule has 0 aromatic heterocycles. The minimum atomic E-state index is -1.26. The Bertz CT molecular complexity index is 1440. The third-order valence-corrected chi connectivity index (χ3v) is 6.80. The molecule has 0 bridgehead atoms. The first-order chi connectivity index (χ1) is 21.2. The van der Waals surface area contributed by atoms with Crippen LogP contribution in [0.2, 0.25) is 0 Å². The van der Waals surface area contributed by atoms with Gasteiger partial charge in [0.15, 0.2) is 0 Å². The van der Waals surface area contributed by atoms with Crippen LogP contribution in [0.1, 0.15) is 21.5 Å². The van der Waals surface area contributed by atoms with Crippen LogP contribution in [0.4, 0.5) is 16.2 Å². The molecule has 0 atom stereocenters. The summed E-state index contributed by atoms with van der Waals surface area (Å²) in [5, 5.41) is 16.6. The summed E-state index contributed by atoms with van der Waals surface area (Å²) >= 11 is 0. The van der Waals surface area contributed by atoms with Crippen LogP contribution in [0.3, 0.4) is 0 Å². The van der Waals surface area contributed by atoms with Crippen LogP contribution in [0.15, 0.2) is 92.0 Å². The second kappa shape index (κ2) is 19.3. The van der Waals surface area contributed by atoms with Crippen LogP contribution in [-0.2, 0) is 11.2 Å². The average Bonchev–Trinajstić information content (AvgIpc) is 3.01. The topological polar surface area (TPSA) is 123 Å². The number of carboxylic acid groups (broad SMARTS) is 1. The van der Waals surface area contributed by atoms with Crippen LogP contribution < -0.4 is 54.8 Å². The molecule has 0 aliphatic heterocycles. The third-order valence-electron chi connectivity index (χ3n) is 6.80. The number of urea groups is 1. The van der Waals surface area contributed by atoms with E-state index in [1.165, 1.54) is 19.2 Å². The van der Waals surface area contributed by atoms with Gasteiger partial charge in [-0.15, -0.1) is 13.2 Å². The number of benzene rings is 3. The van der Waals surface area contributed by atoms with E-state index in [1.54, 1.807) is 47.4 Å². The molecule has 0 aliphatic carbocycles. The number of hydrogen-bond donors (Lipinski definition) is 2. The van der Waals surface area contributed by atoms with Crippen molar-refractivity contribution in [1.82, 2.24) is 9.80 Å². The molecule has 0 aliphatic rings. The number of rotatable bonds is 17. The monoisotopic (exact) mass is 622 g/mol. The Kier molecular flexibility index (Phi) is 15.9. The van der Waals surface area contributed by atoms with Crippen molar-refractivity contribution in [2.75, 3.05) is 57.1 Å². The SMILES string of the molecule is C=CCN(CC=C)CCN(CCOc1ccc(C(=O)[O-])cc1)C(=O)Cc1ccc(NC(=O)Nc2ccccc2C)c(OC)c1.[Na+]. The maximum Gasteiger partial charge on any atom is 1.00 e.